The number of hydrogen-bond donors (Lipinski definition) is 2. The molecule has 2 amide bonds. The van der Waals surface area contributed by atoms with Gasteiger partial charge in [0.15, 0.2) is 17.6 Å². The third kappa shape index (κ3) is 7.36. The van der Waals surface area contributed by atoms with E-state index in [0.717, 1.165) is 22.6 Å². The second kappa shape index (κ2) is 12.8. The summed E-state index contributed by atoms with van der Waals surface area (Å²) >= 11 is 1.22. The number of carbonyl (C=O) groups is 2. The van der Waals surface area contributed by atoms with Gasteiger partial charge in [-0.1, -0.05) is 65.4 Å². The maximum Gasteiger partial charge on any atom is 0.276 e. The summed E-state index contributed by atoms with van der Waals surface area (Å²) in [6.45, 7) is 5.68. The molecule has 0 radical (unpaired) electrons. The Morgan fingerprint density at radius 1 is 0.842 bits per heavy atom. The molecule has 1 atom stereocenters. The lowest BCUT2D eigenvalue weighted by atomic mass is 10.2. The highest BCUT2D eigenvalue weighted by molar-refractivity contribution is 8.00. The highest BCUT2D eigenvalue weighted by atomic mass is 32.2. The summed E-state index contributed by atoms with van der Waals surface area (Å²) in [5.41, 5.74) is 7.91. The molecule has 9 nitrogen and oxygen atoms in total. The van der Waals surface area contributed by atoms with E-state index in [4.69, 9.17) is 9.47 Å². The molecule has 0 aliphatic heterocycles. The molecule has 3 aromatic carbocycles. The number of aromatic nitrogens is 3. The van der Waals surface area contributed by atoms with Crippen LogP contribution in [-0.4, -0.2) is 38.4 Å². The SMILES string of the molecule is Cc1ccc(OCC(=O)NNC(=O)C(C)Sc2nnc(COc3ccc(C)cc3)n2-c2ccccc2)cc1. The number of hydrogen-bond acceptors (Lipinski definition) is 7. The standard InChI is InChI=1S/C28H29N5O4S/c1-19-9-13-23(14-10-19)36-17-25-29-32-28(33(25)22-7-5-4-6-8-22)38-21(3)27(35)31-30-26(34)18-37-24-15-11-20(2)12-16-24/h4-16,21H,17-18H2,1-3H3,(H,30,34)(H,31,35). The number of ether oxygens (including phenoxy) is 2. The molecule has 1 aromatic heterocycles. The van der Waals surface area contributed by atoms with Crippen molar-refractivity contribution in [1.29, 1.82) is 0 Å². The van der Waals surface area contributed by atoms with E-state index < -0.39 is 17.1 Å². The number of carbonyl (C=O) groups excluding carboxylic acids is 2. The molecule has 4 rings (SSSR count). The fourth-order valence-corrected chi connectivity index (χ4v) is 4.24. The number of amides is 2. The van der Waals surface area contributed by atoms with E-state index in [-0.39, 0.29) is 13.2 Å². The zero-order chi connectivity index (χ0) is 26.9. The van der Waals surface area contributed by atoms with E-state index >= 15 is 0 Å². The largest absolute Gasteiger partial charge is 0.486 e. The second-order valence-electron chi connectivity index (χ2n) is 8.57. The van der Waals surface area contributed by atoms with Gasteiger partial charge in [0.1, 0.15) is 18.1 Å². The Bertz CT molecular complexity index is 1360. The predicted molar refractivity (Wildman–Crippen MR) is 145 cm³/mol. The number of benzene rings is 3. The zero-order valence-corrected chi connectivity index (χ0v) is 22.2. The lowest BCUT2D eigenvalue weighted by Crippen LogP contribution is -2.46. The Labute approximate surface area is 225 Å². The lowest BCUT2D eigenvalue weighted by molar-refractivity contribution is -0.129. The van der Waals surface area contributed by atoms with E-state index in [0.29, 0.717) is 16.7 Å². The maximum absolute atomic E-state index is 12.7. The smallest absolute Gasteiger partial charge is 0.276 e. The average molecular weight is 532 g/mol. The fourth-order valence-electron chi connectivity index (χ4n) is 3.35. The first-order valence-corrected chi connectivity index (χ1v) is 12.9. The Morgan fingerprint density at radius 3 is 2.08 bits per heavy atom. The number of thioether (sulfide) groups is 1. The first-order valence-electron chi connectivity index (χ1n) is 12.0. The highest BCUT2D eigenvalue weighted by Crippen LogP contribution is 2.26. The molecule has 1 unspecified atom stereocenters. The Kier molecular flexibility index (Phi) is 8.99. The van der Waals surface area contributed by atoms with Crippen LogP contribution in [-0.2, 0) is 16.2 Å². The summed E-state index contributed by atoms with van der Waals surface area (Å²) in [6, 6.07) is 24.7. The molecule has 0 saturated heterocycles. The van der Waals surface area contributed by atoms with Crippen LogP contribution in [0.5, 0.6) is 11.5 Å². The molecule has 4 aromatic rings. The van der Waals surface area contributed by atoms with Gasteiger partial charge in [-0.15, -0.1) is 10.2 Å². The molecule has 0 spiro atoms. The van der Waals surface area contributed by atoms with Crippen molar-refractivity contribution in [3.05, 3.63) is 95.8 Å². The van der Waals surface area contributed by atoms with Crippen LogP contribution in [0.15, 0.2) is 84.0 Å². The number of aryl methyl sites for hydroxylation is 2. The number of nitrogens with zero attached hydrogens (tertiary/aromatic N) is 3. The summed E-state index contributed by atoms with van der Waals surface area (Å²) in [4.78, 5) is 24.8. The van der Waals surface area contributed by atoms with Crippen molar-refractivity contribution in [2.75, 3.05) is 6.61 Å². The summed E-state index contributed by atoms with van der Waals surface area (Å²) in [7, 11) is 0. The van der Waals surface area contributed by atoms with Gasteiger partial charge in [0.25, 0.3) is 11.8 Å². The third-order valence-corrected chi connectivity index (χ3v) is 6.51. The minimum Gasteiger partial charge on any atom is -0.486 e. The molecule has 0 fully saturated rings. The topological polar surface area (TPSA) is 107 Å². The Hall–Kier alpha value is -4.31. The van der Waals surface area contributed by atoms with Crippen LogP contribution in [0.2, 0.25) is 0 Å². The lowest BCUT2D eigenvalue weighted by Gasteiger charge is -2.15. The Morgan fingerprint density at radius 2 is 1.45 bits per heavy atom. The van der Waals surface area contributed by atoms with Crippen LogP contribution in [0.3, 0.4) is 0 Å². The molecule has 0 bridgehead atoms. The first-order chi connectivity index (χ1) is 18.4. The molecule has 38 heavy (non-hydrogen) atoms. The van der Waals surface area contributed by atoms with Crippen LogP contribution in [0.4, 0.5) is 0 Å². The number of rotatable bonds is 10. The van der Waals surface area contributed by atoms with Crippen LogP contribution >= 0.6 is 11.8 Å². The quantitative estimate of drug-likeness (QED) is 0.234. The normalized spacial score (nSPS) is 11.4. The van der Waals surface area contributed by atoms with Gasteiger partial charge < -0.3 is 9.47 Å². The van der Waals surface area contributed by atoms with Crippen molar-refractivity contribution in [2.24, 2.45) is 0 Å². The van der Waals surface area contributed by atoms with E-state index in [1.807, 2.05) is 85.1 Å². The van der Waals surface area contributed by atoms with Crippen molar-refractivity contribution in [3.8, 4) is 17.2 Å². The van der Waals surface area contributed by atoms with Crippen molar-refractivity contribution in [1.82, 2.24) is 25.6 Å². The van der Waals surface area contributed by atoms with Crippen LogP contribution in [0.25, 0.3) is 5.69 Å². The fraction of sp³-hybridized carbons (Fsp3) is 0.214. The number of para-hydroxylation sites is 1. The number of hydrazine groups is 1. The molecule has 0 saturated carbocycles. The molecule has 10 heteroatoms. The van der Waals surface area contributed by atoms with Gasteiger partial charge in [-0.2, -0.15) is 0 Å². The average Bonchev–Trinajstić information content (AvgIpc) is 3.33. The molecule has 2 N–H and O–H groups in total. The van der Waals surface area contributed by atoms with Crippen molar-refractivity contribution in [2.45, 2.75) is 37.8 Å². The van der Waals surface area contributed by atoms with E-state index in [2.05, 4.69) is 21.0 Å². The van der Waals surface area contributed by atoms with Gasteiger partial charge in [-0.3, -0.25) is 25.0 Å². The predicted octanol–water partition coefficient (Wildman–Crippen LogP) is 4.17. The van der Waals surface area contributed by atoms with Crippen LogP contribution < -0.4 is 20.3 Å². The highest BCUT2D eigenvalue weighted by Gasteiger charge is 2.22. The molecule has 0 aliphatic carbocycles. The third-order valence-electron chi connectivity index (χ3n) is 5.47. The van der Waals surface area contributed by atoms with Gasteiger partial charge in [-0.25, -0.2) is 0 Å². The molecule has 1 heterocycles. The monoisotopic (exact) mass is 531 g/mol. The van der Waals surface area contributed by atoms with Crippen LogP contribution in [0.1, 0.15) is 23.9 Å². The summed E-state index contributed by atoms with van der Waals surface area (Å²) in [6.07, 6.45) is 0. The number of nitrogens with one attached hydrogen (secondary N) is 2. The van der Waals surface area contributed by atoms with E-state index in [1.165, 1.54) is 11.8 Å². The van der Waals surface area contributed by atoms with Crippen LogP contribution in [0, 0.1) is 13.8 Å². The maximum atomic E-state index is 12.7. The van der Waals surface area contributed by atoms with Gasteiger partial charge >= 0.3 is 0 Å². The van der Waals surface area contributed by atoms with Crippen molar-refractivity contribution >= 4 is 23.6 Å². The molecular weight excluding hydrogens is 502 g/mol. The minimum atomic E-state index is -0.578. The van der Waals surface area contributed by atoms with Gasteiger partial charge in [0.05, 0.1) is 5.25 Å². The van der Waals surface area contributed by atoms with Gasteiger partial charge in [0.2, 0.25) is 0 Å². The van der Waals surface area contributed by atoms with Gasteiger partial charge in [-0.05, 0) is 57.2 Å². The summed E-state index contributed by atoms with van der Waals surface area (Å²) in [5.74, 6) is 1.02. The summed E-state index contributed by atoms with van der Waals surface area (Å²) < 4.78 is 13.2. The summed E-state index contributed by atoms with van der Waals surface area (Å²) in [5, 5.41) is 8.58. The molecule has 196 valence electrons. The van der Waals surface area contributed by atoms with E-state index in [1.54, 1.807) is 19.1 Å². The first kappa shape index (κ1) is 26.7. The Balaban J connectivity index is 1.36. The second-order valence-corrected chi connectivity index (χ2v) is 9.88. The van der Waals surface area contributed by atoms with Gasteiger partial charge in [0, 0.05) is 5.69 Å². The molecular formula is C28H29N5O4S. The molecule has 0 aliphatic rings. The zero-order valence-electron chi connectivity index (χ0n) is 21.4. The van der Waals surface area contributed by atoms with E-state index in [9.17, 15) is 9.59 Å². The van der Waals surface area contributed by atoms with Crippen molar-refractivity contribution in [3.63, 3.8) is 0 Å². The van der Waals surface area contributed by atoms with Crippen molar-refractivity contribution < 1.29 is 19.1 Å². The minimum absolute atomic E-state index is 0.198.